The SMILES string of the molecule is Cc1nc(N2CC(C)NC(C)C2)ccc1C(=O)Nc1ccc(Cl)c(NC(=O)c2ccccc2)c1. The van der Waals surface area contributed by atoms with Gasteiger partial charge in [0.1, 0.15) is 5.82 Å². The lowest BCUT2D eigenvalue weighted by Crippen LogP contribution is -2.54. The van der Waals surface area contributed by atoms with E-state index >= 15 is 0 Å². The van der Waals surface area contributed by atoms with Crippen molar-refractivity contribution in [2.75, 3.05) is 28.6 Å². The second-order valence-electron chi connectivity index (χ2n) is 8.65. The molecule has 2 aromatic carbocycles. The van der Waals surface area contributed by atoms with E-state index in [9.17, 15) is 9.59 Å². The van der Waals surface area contributed by atoms with Gasteiger partial charge >= 0.3 is 0 Å². The van der Waals surface area contributed by atoms with Crippen molar-refractivity contribution in [2.24, 2.45) is 0 Å². The number of piperazine rings is 1. The topological polar surface area (TPSA) is 86.4 Å². The van der Waals surface area contributed by atoms with Crippen LogP contribution in [0.15, 0.2) is 60.7 Å². The highest BCUT2D eigenvalue weighted by molar-refractivity contribution is 6.34. The number of nitrogens with one attached hydrogen (secondary N) is 3. The first-order chi connectivity index (χ1) is 16.3. The van der Waals surface area contributed by atoms with Gasteiger partial charge in [-0.1, -0.05) is 29.8 Å². The van der Waals surface area contributed by atoms with Crippen LogP contribution in [0.4, 0.5) is 17.2 Å². The maximum absolute atomic E-state index is 13.0. The van der Waals surface area contributed by atoms with Crippen molar-refractivity contribution in [2.45, 2.75) is 32.9 Å². The molecule has 1 aromatic heterocycles. The van der Waals surface area contributed by atoms with Gasteiger partial charge in [-0.05, 0) is 63.2 Å². The quantitative estimate of drug-likeness (QED) is 0.494. The summed E-state index contributed by atoms with van der Waals surface area (Å²) in [5, 5.41) is 9.57. The van der Waals surface area contributed by atoms with Crippen LogP contribution in [0.1, 0.15) is 40.3 Å². The van der Waals surface area contributed by atoms with E-state index < -0.39 is 0 Å². The third-order valence-corrected chi connectivity index (χ3v) is 6.04. The molecule has 1 fully saturated rings. The van der Waals surface area contributed by atoms with Crippen LogP contribution in [0.5, 0.6) is 0 Å². The predicted octanol–water partition coefficient (Wildman–Crippen LogP) is 4.73. The average Bonchev–Trinajstić information content (AvgIpc) is 2.81. The molecule has 3 aromatic rings. The molecule has 1 saturated heterocycles. The molecule has 4 rings (SSSR count). The van der Waals surface area contributed by atoms with Crippen LogP contribution in [-0.2, 0) is 0 Å². The van der Waals surface area contributed by atoms with Crippen molar-refractivity contribution >= 4 is 40.6 Å². The summed E-state index contributed by atoms with van der Waals surface area (Å²) in [5.74, 6) is 0.311. The fourth-order valence-corrected chi connectivity index (χ4v) is 4.32. The Balaban J connectivity index is 1.47. The lowest BCUT2D eigenvalue weighted by molar-refractivity contribution is 0.101. The molecule has 2 unspecified atom stereocenters. The third-order valence-electron chi connectivity index (χ3n) is 5.71. The van der Waals surface area contributed by atoms with Crippen molar-refractivity contribution in [3.63, 3.8) is 0 Å². The number of halogens is 1. The minimum absolute atomic E-state index is 0.277. The number of carbonyl (C=O) groups is 2. The number of rotatable bonds is 5. The minimum atomic E-state index is -0.279. The second-order valence-corrected chi connectivity index (χ2v) is 9.05. The molecular weight excluding hydrogens is 450 g/mol. The van der Waals surface area contributed by atoms with Crippen molar-refractivity contribution in [3.8, 4) is 0 Å². The van der Waals surface area contributed by atoms with Gasteiger partial charge in [0.25, 0.3) is 11.8 Å². The van der Waals surface area contributed by atoms with Gasteiger partial charge in [0.2, 0.25) is 0 Å². The number of benzene rings is 2. The van der Waals surface area contributed by atoms with E-state index in [0.717, 1.165) is 18.9 Å². The van der Waals surface area contributed by atoms with Gasteiger partial charge < -0.3 is 20.9 Å². The number of nitrogens with zero attached hydrogens (tertiary/aromatic N) is 2. The molecule has 1 aliphatic heterocycles. The zero-order valence-corrected chi connectivity index (χ0v) is 20.2. The molecule has 3 N–H and O–H groups in total. The number of amides is 2. The normalized spacial score (nSPS) is 17.8. The van der Waals surface area contributed by atoms with Gasteiger partial charge in [-0.15, -0.1) is 0 Å². The van der Waals surface area contributed by atoms with E-state index in [1.54, 1.807) is 48.5 Å². The van der Waals surface area contributed by atoms with Crippen LogP contribution in [0.25, 0.3) is 0 Å². The maximum atomic E-state index is 13.0. The number of hydrogen-bond acceptors (Lipinski definition) is 5. The maximum Gasteiger partial charge on any atom is 0.257 e. The van der Waals surface area contributed by atoms with Gasteiger partial charge in [-0.25, -0.2) is 4.98 Å². The molecule has 176 valence electrons. The summed E-state index contributed by atoms with van der Waals surface area (Å²) in [7, 11) is 0. The molecule has 2 amide bonds. The predicted molar refractivity (Wildman–Crippen MR) is 137 cm³/mol. The van der Waals surface area contributed by atoms with Crippen LogP contribution < -0.4 is 20.9 Å². The molecule has 1 aliphatic rings. The number of aryl methyl sites for hydroxylation is 1. The monoisotopic (exact) mass is 477 g/mol. The minimum Gasteiger partial charge on any atom is -0.354 e. The molecule has 2 heterocycles. The molecule has 7 nitrogen and oxygen atoms in total. The largest absolute Gasteiger partial charge is 0.354 e. The standard InChI is InChI=1S/C26H28ClN5O2/c1-16-14-32(15-17(2)28-16)24-12-10-21(18(3)29-24)26(34)30-20-9-11-22(27)23(13-20)31-25(33)19-7-5-4-6-8-19/h4-13,16-17,28H,14-15H2,1-3H3,(H,30,34)(H,31,33). The fraction of sp³-hybridized carbons (Fsp3) is 0.269. The highest BCUT2D eigenvalue weighted by atomic mass is 35.5. The first-order valence-electron chi connectivity index (χ1n) is 11.3. The molecular formula is C26H28ClN5O2. The molecule has 0 saturated carbocycles. The van der Waals surface area contributed by atoms with E-state index in [1.807, 2.05) is 19.1 Å². The number of carbonyl (C=O) groups excluding carboxylic acids is 2. The smallest absolute Gasteiger partial charge is 0.257 e. The van der Waals surface area contributed by atoms with E-state index in [4.69, 9.17) is 16.6 Å². The Labute approximate surface area is 204 Å². The lowest BCUT2D eigenvalue weighted by atomic mass is 10.1. The summed E-state index contributed by atoms with van der Waals surface area (Å²) in [5.41, 5.74) is 2.60. The average molecular weight is 478 g/mol. The van der Waals surface area contributed by atoms with Crippen molar-refractivity contribution in [1.29, 1.82) is 0 Å². The Kier molecular flexibility index (Phi) is 7.14. The third kappa shape index (κ3) is 5.55. The van der Waals surface area contributed by atoms with E-state index in [0.29, 0.717) is 45.3 Å². The molecule has 0 spiro atoms. The molecule has 0 aliphatic carbocycles. The molecule has 8 heteroatoms. The summed E-state index contributed by atoms with van der Waals surface area (Å²) in [4.78, 5) is 32.4. The van der Waals surface area contributed by atoms with Gasteiger partial charge in [-0.2, -0.15) is 0 Å². The zero-order valence-electron chi connectivity index (χ0n) is 19.4. The number of aromatic nitrogens is 1. The van der Waals surface area contributed by atoms with E-state index in [2.05, 4.69) is 34.7 Å². The van der Waals surface area contributed by atoms with Crippen LogP contribution >= 0.6 is 11.6 Å². The number of pyridine rings is 1. The van der Waals surface area contributed by atoms with E-state index in [-0.39, 0.29) is 11.8 Å². The second kappa shape index (κ2) is 10.2. The molecule has 0 bridgehead atoms. The summed E-state index contributed by atoms with van der Waals surface area (Å²) >= 11 is 6.27. The van der Waals surface area contributed by atoms with E-state index in [1.165, 1.54) is 0 Å². The zero-order chi connectivity index (χ0) is 24.2. The highest BCUT2D eigenvalue weighted by Gasteiger charge is 2.23. The Morgan fingerprint density at radius 2 is 1.68 bits per heavy atom. The Morgan fingerprint density at radius 1 is 0.971 bits per heavy atom. The van der Waals surface area contributed by atoms with Gasteiger partial charge in [0.05, 0.1) is 22.0 Å². The fourth-order valence-electron chi connectivity index (χ4n) is 4.16. The Hall–Kier alpha value is -3.42. The van der Waals surface area contributed by atoms with Gasteiger partial charge in [0, 0.05) is 36.4 Å². The van der Waals surface area contributed by atoms with Crippen molar-refractivity contribution in [3.05, 3.63) is 82.5 Å². The van der Waals surface area contributed by atoms with Crippen LogP contribution in [-0.4, -0.2) is 42.0 Å². The van der Waals surface area contributed by atoms with Crippen LogP contribution in [0, 0.1) is 6.92 Å². The molecule has 0 radical (unpaired) electrons. The first-order valence-corrected chi connectivity index (χ1v) is 11.6. The molecule has 34 heavy (non-hydrogen) atoms. The van der Waals surface area contributed by atoms with Crippen molar-refractivity contribution in [1.82, 2.24) is 10.3 Å². The molecule has 2 atom stereocenters. The van der Waals surface area contributed by atoms with Crippen LogP contribution in [0.2, 0.25) is 5.02 Å². The Morgan fingerprint density at radius 3 is 2.35 bits per heavy atom. The number of hydrogen-bond donors (Lipinski definition) is 3. The first kappa shape index (κ1) is 23.7. The van der Waals surface area contributed by atoms with Gasteiger partial charge in [-0.3, -0.25) is 9.59 Å². The summed E-state index contributed by atoms with van der Waals surface area (Å²) in [6.45, 7) is 7.87. The summed E-state index contributed by atoms with van der Waals surface area (Å²) in [6.07, 6.45) is 0. The lowest BCUT2D eigenvalue weighted by Gasteiger charge is -2.37. The van der Waals surface area contributed by atoms with Crippen molar-refractivity contribution < 1.29 is 9.59 Å². The van der Waals surface area contributed by atoms with Crippen LogP contribution in [0.3, 0.4) is 0 Å². The summed E-state index contributed by atoms with van der Waals surface area (Å²) < 4.78 is 0. The summed E-state index contributed by atoms with van der Waals surface area (Å²) in [6, 6.07) is 18.3. The highest BCUT2D eigenvalue weighted by Crippen LogP contribution is 2.27. The number of anilines is 3. The Bertz CT molecular complexity index is 1190. The van der Waals surface area contributed by atoms with Gasteiger partial charge in [0.15, 0.2) is 0 Å².